The molecule has 0 bridgehead atoms. The molecule has 63 heavy (non-hydrogen) atoms. The molecule has 3 aliphatic rings. The number of hydrogen-bond acceptors (Lipinski definition) is 3. The van der Waals surface area contributed by atoms with Gasteiger partial charge in [-0.3, -0.25) is 0 Å². The maximum Gasteiger partial charge on any atom is 0.264 e. The highest BCUT2D eigenvalue weighted by molar-refractivity contribution is 7.33. The van der Waals surface area contributed by atoms with Crippen molar-refractivity contribution in [1.82, 2.24) is 4.57 Å². The third kappa shape index (κ3) is 5.83. The average Bonchev–Trinajstić information content (AvgIpc) is 3.74. The first-order valence-corrected chi connectivity index (χ1v) is 24.0. The van der Waals surface area contributed by atoms with Crippen molar-refractivity contribution in [3.05, 3.63) is 131 Å². The molecular weight excluding hydrogens is 782 g/mol. The highest BCUT2D eigenvalue weighted by Gasteiger charge is 2.48. The van der Waals surface area contributed by atoms with Gasteiger partial charge >= 0.3 is 0 Å². The lowest BCUT2D eigenvalue weighted by atomic mass is 9.36. The van der Waals surface area contributed by atoms with Crippen LogP contribution in [0, 0.1) is 0 Å². The van der Waals surface area contributed by atoms with Gasteiger partial charge in [0.25, 0.3) is 6.71 Å². The second kappa shape index (κ2) is 12.7. The Morgan fingerprint density at radius 3 is 1.57 bits per heavy atom. The summed E-state index contributed by atoms with van der Waals surface area (Å²) in [5.74, 6) is 0. The Bertz CT molecular complexity index is 3250. The lowest BCUT2D eigenvalue weighted by molar-refractivity contribution is 0.589. The topological polar surface area (TPSA) is 11.4 Å². The number of para-hydroxylation sites is 1. The number of hydrogen-bond donors (Lipinski definition) is 0. The predicted octanol–water partition coefficient (Wildman–Crippen LogP) is 14.9. The molecule has 0 amide bonds. The third-order valence-electron chi connectivity index (χ3n) is 14.4. The van der Waals surface area contributed by atoms with Crippen LogP contribution in [0.5, 0.6) is 0 Å². The van der Waals surface area contributed by atoms with Gasteiger partial charge in [-0.25, -0.2) is 0 Å². The fourth-order valence-electron chi connectivity index (χ4n) is 10.7. The maximum atomic E-state index is 2.70. The van der Waals surface area contributed by atoms with Crippen molar-refractivity contribution in [2.75, 3.05) is 9.80 Å². The molecule has 2 aromatic heterocycles. The number of benzene rings is 6. The number of fused-ring (bicyclic) bond motifs is 11. The zero-order valence-electron chi connectivity index (χ0n) is 40.1. The van der Waals surface area contributed by atoms with E-state index >= 15 is 0 Å². The van der Waals surface area contributed by atoms with Crippen molar-refractivity contribution in [2.45, 2.75) is 131 Å². The molecule has 5 heteroatoms. The van der Waals surface area contributed by atoms with Gasteiger partial charge < -0.3 is 14.4 Å². The van der Waals surface area contributed by atoms with Crippen LogP contribution in [0.25, 0.3) is 37.6 Å². The summed E-state index contributed by atoms with van der Waals surface area (Å²) in [7, 11) is 0. The van der Waals surface area contributed by atoms with Crippen molar-refractivity contribution < 1.29 is 0 Å². The van der Waals surface area contributed by atoms with Crippen LogP contribution in [0.1, 0.15) is 132 Å². The van der Waals surface area contributed by atoms with Crippen LogP contribution in [0.2, 0.25) is 0 Å². The Hall–Kier alpha value is -5.26. The molecule has 0 fully saturated rings. The van der Waals surface area contributed by atoms with Crippen LogP contribution >= 0.6 is 11.3 Å². The van der Waals surface area contributed by atoms with Crippen molar-refractivity contribution in [3.8, 4) is 5.69 Å². The Morgan fingerprint density at radius 1 is 0.429 bits per heavy atom. The highest BCUT2D eigenvalue weighted by Crippen LogP contribution is 2.55. The van der Waals surface area contributed by atoms with Crippen LogP contribution in [-0.4, -0.2) is 11.3 Å². The molecule has 8 aromatic rings. The van der Waals surface area contributed by atoms with Gasteiger partial charge in [-0.05, 0) is 133 Å². The summed E-state index contributed by atoms with van der Waals surface area (Å²) in [6.45, 7) is 35.3. The molecule has 11 rings (SSSR count). The van der Waals surface area contributed by atoms with E-state index in [4.69, 9.17) is 0 Å². The SMILES string of the molecule is CC(C)(C)c1ccc(N2c3cc(C(C)(C)C)cc4c3B(c3cccc5c3N4c3cc(C(C)(C)C)cc4c6cc(C(C)(C)C)ccc6n-5c34)c3sc4ccc(C(C)(C)C)cc4c32)cc1. The third-order valence-corrected chi connectivity index (χ3v) is 15.7. The first-order chi connectivity index (χ1) is 29.4. The number of thiophene rings is 1. The summed E-state index contributed by atoms with van der Waals surface area (Å²) in [6.07, 6.45) is 0. The van der Waals surface area contributed by atoms with Gasteiger partial charge in [-0.2, -0.15) is 0 Å². The predicted molar refractivity (Wildman–Crippen MR) is 277 cm³/mol. The van der Waals surface area contributed by atoms with Crippen LogP contribution < -0.4 is 25.5 Å². The summed E-state index contributed by atoms with van der Waals surface area (Å²) >= 11 is 2.00. The molecule has 0 N–H and O–H groups in total. The van der Waals surface area contributed by atoms with Crippen molar-refractivity contribution >= 4 is 99.8 Å². The Balaban J connectivity index is 1.31. The normalized spacial score (nSPS) is 14.8. The average molecular weight is 844 g/mol. The molecule has 3 nitrogen and oxygen atoms in total. The van der Waals surface area contributed by atoms with Gasteiger partial charge in [-0.1, -0.05) is 140 Å². The molecule has 0 spiro atoms. The van der Waals surface area contributed by atoms with Gasteiger partial charge in [0.2, 0.25) is 0 Å². The standard InChI is InChI=1S/C58H62BN3S/c1-54(2,3)33-19-23-38(24-20-33)60-45-30-37(58(13,14)15)31-46-49(45)59(53-51(60)41-28-35(56(7,8)9)22-26-48(41)63-53)42-17-16-18-44-52(42)62(46)47-32-36(57(10,11)12)29-40-39-27-34(55(4,5)6)21-25-43(39)61(44)50(40)47/h16-32H,1-15H3. The van der Waals surface area contributed by atoms with Gasteiger partial charge in [-0.15, -0.1) is 11.3 Å². The van der Waals surface area contributed by atoms with E-state index in [1.807, 2.05) is 11.3 Å². The minimum absolute atomic E-state index is 0.0169. The van der Waals surface area contributed by atoms with Crippen LogP contribution in [0.15, 0.2) is 103 Å². The zero-order valence-corrected chi connectivity index (χ0v) is 41.0. The quantitative estimate of drug-likeness (QED) is 0.153. The number of aromatic nitrogens is 1. The molecule has 0 saturated heterocycles. The molecule has 6 aromatic carbocycles. The van der Waals surface area contributed by atoms with E-state index in [9.17, 15) is 0 Å². The van der Waals surface area contributed by atoms with Crippen LogP contribution in [-0.2, 0) is 27.1 Å². The Kier molecular flexibility index (Phi) is 8.18. The first kappa shape index (κ1) is 40.5. The zero-order chi connectivity index (χ0) is 44.7. The summed E-state index contributed by atoms with van der Waals surface area (Å²) < 4.78 is 5.38. The van der Waals surface area contributed by atoms with E-state index in [0.29, 0.717) is 0 Å². The fourth-order valence-corrected chi connectivity index (χ4v) is 12.0. The molecule has 0 unspecified atom stereocenters. The van der Waals surface area contributed by atoms with Gasteiger partial charge in [0.1, 0.15) is 0 Å². The van der Waals surface area contributed by atoms with Crippen molar-refractivity contribution in [1.29, 1.82) is 0 Å². The Morgan fingerprint density at radius 2 is 0.952 bits per heavy atom. The highest BCUT2D eigenvalue weighted by atomic mass is 32.1. The minimum Gasteiger partial charge on any atom is -0.310 e. The van der Waals surface area contributed by atoms with Crippen LogP contribution in [0.3, 0.4) is 0 Å². The van der Waals surface area contributed by atoms with E-state index in [0.717, 1.165) is 0 Å². The number of nitrogens with zero attached hydrogens (tertiary/aromatic N) is 3. The van der Waals surface area contributed by atoms with E-state index in [1.54, 1.807) is 0 Å². The molecule has 5 heterocycles. The van der Waals surface area contributed by atoms with E-state index in [2.05, 4.69) is 221 Å². The number of rotatable bonds is 1. The van der Waals surface area contributed by atoms with Gasteiger partial charge in [0.05, 0.1) is 33.8 Å². The smallest absolute Gasteiger partial charge is 0.264 e. The first-order valence-electron chi connectivity index (χ1n) is 23.1. The summed E-state index contributed by atoms with van der Waals surface area (Å²) in [5.41, 5.74) is 21.1. The minimum atomic E-state index is -0.102. The van der Waals surface area contributed by atoms with E-state index < -0.39 is 0 Å². The van der Waals surface area contributed by atoms with E-state index in [1.165, 1.54) is 115 Å². The van der Waals surface area contributed by atoms with Crippen molar-refractivity contribution in [2.24, 2.45) is 0 Å². The van der Waals surface area contributed by atoms with Crippen LogP contribution in [0.4, 0.5) is 34.1 Å². The van der Waals surface area contributed by atoms with Gasteiger partial charge in [0, 0.05) is 42.7 Å². The fraction of sp³-hybridized carbons (Fsp3) is 0.345. The molecule has 0 atom stereocenters. The molecule has 318 valence electrons. The molecule has 0 saturated carbocycles. The lowest BCUT2D eigenvalue weighted by Gasteiger charge is -2.46. The second-order valence-electron chi connectivity index (χ2n) is 24.0. The van der Waals surface area contributed by atoms with Gasteiger partial charge in [0.15, 0.2) is 0 Å². The summed E-state index contributed by atoms with van der Waals surface area (Å²) in [5, 5.41) is 4.01. The molecule has 0 aliphatic carbocycles. The lowest BCUT2D eigenvalue weighted by Crippen LogP contribution is -2.61. The summed E-state index contributed by atoms with van der Waals surface area (Å²) in [6, 6.07) is 41.3. The number of anilines is 6. The molecular formula is C58H62BN3S. The van der Waals surface area contributed by atoms with E-state index in [-0.39, 0.29) is 33.8 Å². The maximum absolute atomic E-state index is 2.70. The summed E-state index contributed by atoms with van der Waals surface area (Å²) in [4.78, 5) is 5.36. The Labute approximate surface area is 379 Å². The second-order valence-corrected chi connectivity index (χ2v) is 25.1. The van der Waals surface area contributed by atoms with Crippen molar-refractivity contribution in [3.63, 3.8) is 0 Å². The molecule has 0 radical (unpaired) electrons. The largest absolute Gasteiger partial charge is 0.310 e. The monoisotopic (exact) mass is 843 g/mol. The molecule has 3 aliphatic heterocycles.